The molecule has 26 heavy (non-hydrogen) atoms. The highest BCUT2D eigenvalue weighted by Crippen LogP contribution is 2.26. The fraction of sp³-hybridized carbons (Fsp3) is 0.474. The first-order chi connectivity index (χ1) is 12.1. The zero-order chi connectivity index (χ0) is 17.6. The molecule has 1 aromatic heterocycles. The van der Waals surface area contributed by atoms with Gasteiger partial charge in [0.1, 0.15) is 5.82 Å². The van der Waals surface area contributed by atoms with Crippen molar-refractivity contribution in [2.75, 3.05) is 18.4 Å². The summed E-state index contributed by atoms with van der Waals surface area (Å²) in [5.74, 6) is 0.787. The highest BCUT2D eigenvalue weighted by Gasteiger charge is 2.22. The fourth-order valence-corrected chi connectivity index (χ4v) is 4.17. The number of rotatable bonds is 6. The van der Waals surface area contributed by atoms with Crippen LogP contribution in [0.15, 0.2) is 30.5 Å². The number of amides is 1. The number of benzene rings is 1. The van der Waals surface area contributed by atoms with E-state index in [1.54, 1.807) is 18.3 Å². The summed E-state index contributed by atoms with van der Waals surface area (Å²) in [4.78, 5) is 17.5. The summed E-state index contributed by atoms with van der Waals surface area (Å²) in [6, 6.07) is 6.74. The number of hydrogen-bond acceptors (Lipinski definition) is 4. The van der Waals surface area contributed by atoms with Gasteiger partial charge in [0.15, 0.2) is 5.13 Å². The molecule has 1 saturated heterocycles. The fourth-order valence-electron chi connectivity index (χ4n) is 3.32. The van der Waals surface area contributed by atoms with Crippen molar-refractivity contribution in [3.63, 3.8) is 0 Å². The van der Waals surface area contributed by atoms with Gasteiger partial charge in [-0.2, -0.15) is 0 Å². The Morgan fingerprint density at radius 1 is 1.38 bits per heavy atom. The lowest BCUT2D eigenvalue weighted by atomic mass is 9.84. The van der Waals surface area contributed by atoms with Crippen LogP contribution in [-0.2, 0) is 11.2 Å². The van der Waals surface area contributed by atoms with E-state index in [1.807, 2.05) is 6.07 Å². The quantitative estimate of drug-likeness (QED) is 0.765. The smallest absolute Gasteiger partial charge is 0.226 e. The Balaban J connectivity index is 0.00000243. The number of carbonyl (C=O) groups excluding carboxylic acids is 1. The number of thiazole rings is 1. The Hall–Kier alpha value is -1.50. The SMILES string of the molecule is CC(CC(=O)Nc1ncc(Cc2ccccc2F)s1)C1CCNCC1.Cl. The molecule has 2 heterocycles. The van der Waals surface area contributed by atoms with E-state index in [9.17, 15) is 9.18 Å². The number of nitrogens with one attached hydrogen (secondary N) is 2. The first-order valence-electron chi connectivity index (χ1n) is 8.80. The third-order valence-electron chi connectivity index (χ3n) is 4.82. The first kappa shape index (κ1) is 20.8. The molecular formula is C19H25ClFN3OS. The number of halogens is 2. The van der Waals surface area contributed by atoms with Crippen molar-refractivity contribution in [2.45, 2.75) is 32.6 Å². The first-order valence-corrected chi connectivity index (χ1v) is 9.62. The Morgan fingerprint density at radius 2 is 2.12 bits per heavy atom. The van der Waals surface area contributed by atoms with E-state index in [0.717, 1.165) is 30.8 Å². The highest BCUT2D eigenvalue weighted by atomic mass is 35.5. The van der Waals surface area contributed by atoms with Crippen molar-refractivity contribution >= 4 is 34.8 Å². The summed E-state index contributed by atoms with van der Waals surface area (Å²) < 4.78 is 13.7. The van der Waals surface area contributed by atoms with Gasteiger partial charge in [0.05, 0.1) is 0 Å². The largest absolute Gasteiger partial charge is 0.317 e. The van der Waals surface area contributed by atoms with Crippen LogP contribution in [0.5, 0.6) is 0 Å². The molecule has 0 saturated carbocycles. The molecule has 1 aliphatic heterocycles. The molecule has 7 heteroatoms. The molecule has 1 unspecified atom stereocenters. The molecule has 0 aliphatic carbocycles. The van der Waals surface area contributed by atoms with Crippen molar-refractivity contribution in [1.82, 2.24) is 10.3 Å². The van der Waals surface area contributed by atoms with Crippen molar-refractivity contribution in [1.29, 1.82) is 0 Å². The maximum absolute atomic E-state index is 13.7. The van der Waals surface area contributed by atoms with Gasteiger partial charge in [0, 0.05) is 23.9 Å². The lowest BCUT2D eigenvalue weighted by Gasteiger charge is -2.27. The van der Waals surface area contributed by atoms with Crippen molar-refractivity contribution in [2.24, 2.45) is 11.8 Å². The van der Waals surface area contributed by atoms with Crippen LogP contribution in [0.4, 0.5) is 9.52 Å². The van der Waals surface area contributed by atoms with Gasteiger partial charge in [-0.05, 0) is 49.4 Å². The molecule has 1 amide bonds. The van der Waals surface area contributed by atoms with Crippen LogP contribution >= 0.6 is 23.7 Å². The zero-order valence-electron chi connectivity index (χ0n) is 14.8. The number of carbonyl (C=O) groups is 1. The number of nitrogens with zero attached hydrogens (tertiary/aromatic N) is 1. The maximum atomic E-state index is 13.7. The summed E-state index contributed by atoms with van der Waals surface area (Å²) >= 11 is 1.41. The number of hydrogen-bond donors (Lipinski definition) is 2. The predicted octanol–water partition coefficient (Wildman–Crippen LogP) is 4.26. The van der Waals surface area contributed by atoms with Crippen LogP contribution < -0.4 is 10.6 Å². The molecule has 3 rings (SSSR count). The van der Waals surface area contributed by atoms with Crippen molar-refractivity contribution in [3.05, 3.63) is 46.7 Å². The van der Waals surface area contributed by atoms with Gasteiger partial charge in [-0.1, -0.05) is 25.1 Å². The molecule has 4 nitrogen and oxygen atoms in total. The van der Waals surface area contributed by atoms with E-state index in [0.29, 0.717) is 35.4 Å². The number of piperidine rings is 1. The van der Waals surface area contributed by atoms with Gasteiger partial charge in [-0.3, -0.25) is 4.79 Å². The summed E-state index contributed by atoms with van der Waals surface area (Å²) in [6.07, 6.45) is 5.00. The van der Waals surface area contributed by atoms with E-state index in [2.05, 4.69) is 22.5 Å². The highest BCUT2D eigenvalue weighted by molar-refractivity contribution is 7.15. The Bertz CT molecular complexity index is 718. The van der Waals surface area contributed by atoms with Crippen LogP contribution in [-0.4, -0.2) is 24.0 Å². The van der Waals surface area contributed by atoms with Crippen LogP contribution in [0.2, 0.25) is 0 Å². The minimum Gasteiger partial charge on any atom is -0.317 e. The molecule has 1 aromatic carbocycles. The van der Waals surface area contributed by atoms with Gasteiger partial charge in [0.25, 0.3) is 0 Å². The topological polar surface area (TPSA) is 54.0 Å². The van der Waals surface area contributed by atoms with E-state index >= 15 is 0 Å². The number of anilines is 1. The molecule has 142 valence electrons. The van der Waals surface area contributed by atoms with Gasteiger partial charge >= 0.3 is 0 Å². The Labute approximate surface area is 164 Å². The summed E-state index contributed by atoms with van der Waals surface area (Å²) in [5, 5.41) is 6.84. The lowest BCUT2D eigenvalue weighted by Crippen LogP contribution is -2.32. The minimum atomic E-state index is -0.211. The molecule has 2 N–H and O–H groups in total. The second-order valence-corrected chi connectivity index (χ2v) is 7.83. The van der Waals surface area contributed by atoms with Crippen LogP contribution in [0.1, 0.15) is 36.6 Å². The Morgan fingerprint density at radius 3 is 2.85 bits per heavy atom. The van der Waals surface area contributed by atoms with E-state index in [4.69, 9.17) is 0 Å². The molecule has 1 aliphatic rings. The van der Waals surface area contributed by atoms with E-state index < -0.39 is 0 Å². The monoisotopic (exact) mass is 397 g/mol. The van der Waals surface area contributed by atoms with Gasteiger partial charge in [-0.15, -0.1) is 23.7 Å². The molecule has 2 aromatic rings. The molecule has 0 radical (unpaired) electrons. The van der Waals surface area contributed by atoms with Crippen LogP contribution in [0.3, 0.4) is 0 Å². The summed E-state index contributed by atoms with van der Waals surface area (Å²) in [6.45, 7) is 4.24. The van der Waals surface area contributed by atoms with E-state index in [-0.39, 0.29) is 24.1 Å². The third kappa shape index (κ3) is 5.76. The van der Waals surface area contributed by atoms with Crippen LogP contribution in [0.25, 0.3) is 0 Å². The van der Waals surface area contributed by atoms with Crippen molar-refractivity contribution < 1.29 is 9.18 Å². The second-order valence-electron chi connectivity index (χ2n) is 6.72. The average molecular weight is 398 g/mol. The standard InChI is InChI=1S/C19H24FN3OS.ClH/c1-13(14-6-8-21-9-7-14)10-18(24)23-19-22-12-16(25-19)11-15-4-2-3-5-17(15)20;/h2-5,12-14,21H,6-11H2,1H3,(H,22,23,24);1H. The average Bonchev–Trinajstić information content (AvgIpc) is 3.04. The third-order valence-corrected chi connectivity index (χ3v) is 5.73. The number of aromatic nitrogens is 1. The normalized spacial score (nSPS) is 15.9. The molecule has 1 fully saturated rings. The predicted molar refractivity (Wildman–Crippen MR) is 107 cm³/mol. The molecule has 0 spiro atoms. The molecule has 1 atom stereocenters. The van der Waals surface area contributed by atoms with Crippen molar-refractivity contribution in [3.8, 4) is 0 Å². The van der Waals surface area contributed by atoms with E-state index in [1.165, 1.54) is 17.4 Å². The maximum Gasteiger partial charge on any atom is 0.226 e. The van der Waals surface area contributed by atoms with Gasteiger partial charge < -0.3 is 10.6 Å². The summed E-state index contributed by atoms with van der Waals surface area (Å²) in [5.41, 5.74) is 0.642. The van der Waals surface area contributed by atoms with Gasteiger partial charge in [-0.25, -0.2) is 9.37 Å². The zero-order valence-corrected chi connectivity index (χ0v) is 16.5. The Kier molecular flexibility index (Phi) is 8.00. The molecule has 0 bridgehead atoms. The second kappa shape index (κ2) is 10.00. The van der Waals surface area contributed by atoms with Crippen LogP contribution in [0, 0.1) is 17.7 Å². The van der Waals surface area contributed by atoms with Gasteiger partial charge in [0.2, 0.25) is 5.91 Å². The molecular weight excluding hydrogens is 373 g/mol. The summed E-state index contributed by atoms with van der Waals surface area (Å²) in [7, 11) is 0. The minimum absolute atomic E-state index is 0. The lowest BCUT2D eigenvalue weighted by molar-refractivity contribution is -0.117.